The first-order valence-corrected chi connectivity index (χ1v) is 10.4. The lowest BCUT2D eigenvalue weighted by Gasteiger charge is -2.17. The third kappa shape index (κ3) is 5.49. The lowest BCUT2D eigenvalue weighted by molar-refractivity contribution is 0.103. The topological polar surface area (TPSA) is 79.2 Å². The van der Waals surface area contributed by atoms with Crippen molar-refractivity contribution in [3.05, 3.63) is 53.1 Å². The summed E-state index contributed by atoms with van der Waals surface area (Å²) in [7, 11) is 0. The zero-order valence-electron chi connectivity index (χ0n) is 16.6. The van der Waals surface area contributed by atoms with Gasteiger partial charge >= 0.3 is 0 Å². The highest BCUT2D eigenvalue weighted by atomic mass is 16.1. The fourth-order valence-corrected chi connectivity index (χ4v) is 3.69. The fraction of sp³-hybridized carbons (Fsp3) is 0.435. The Morgan fingerprint density at radius 3 is 2.21 bits per heavy atom. The molecule has 2 aromatic carbocycles. The monoisotopic (exact) mass is 380 g/mol. The molecule has 5 heteroatoms. The number of hydrogen-bond donors (Lipinski definition) is 4. The van der Waals surface area contributed by atoms with Gasteiger partial charge in [-0.25, -0.2) is 0 Å². The molecular weight excluding hydrogens is 348 g/mol. The number of nitrogens with two attached hydrogens (primary N) is 1. The number of unbranched alkanes of at least 4 members (excludes halogenated alkanes) is 1. The van der Waals surface area contributed by atoms with Gasteiger partial charge in [0.25, 0.3) is 0 Å². The molecule has 28 heavy (non-hydrogen) atoms. The second-order valence-corrected chi connectivity index (χ2v) is 7.25. The summed E-state index contributed by atoms with van der Waals surface area (Å²) in [4.78, 5) is 12.8. The lowest BCUT2D eigenvalue weighted by Crippen LogP contribution is -2.34. The molecule has 0 atom stereocenters. The molecule has 150 valence electrons. The molecule has 0 bridgehead atoms. The number of nitrogens with one attached hydrogen (secondary N) is 3. The van der Waals surface area contributed by atoms with Crippen LogP contribution >= 0.6 is 0 Å². The van der Waals surface area contributed by atoms with E-state index in [0.717, 1.165) is 80.4 Å². The number of hydrogen-bond acceptors (Lipinski definition) is 5. The van der Waals surface area contributed by atoms with E-state index < -0.39 is 0 Å². The fourth-order valence-electron chi connectivity index (χ4n) is 3.69. The molecule has 0 radical (unpaired) electrons. The Labute approximate surface area is 167 Å². The Kier molecular flexibility index (Phi) is 8.18. The molecule has 0 amide bonds. The van der Waals surface area contributed by atoms with Crippen LogP contribution in [0.5, 0.6) is 0 Å². The first-order valence-electron chi connectivity index (χ1n) is 10.4. The van der Waals surface area contributed by atoms with E-state index in [-0.39, 0.29) is 5.78 Å². The molecule has 0 unspecified atom stereocenters. The van der Waals surface area contributed by atoms with Crippen molar-refractivity contribution in [3.8, 4) is 0 Å². The van der Waals surface area contributed by atoms with E-state index in [1.54, 1.807) is 0 Å². The number of Topliss-reactive ketones (excluding diaryl/α,β-unsaturated/α-hetero) is 1. The largest absolute Gasteiger partial charge is 0.329 e. The molecule has 3 rings (SSSR count). The maximum absolute atomic E-state index is 12.8. The van der Waals surface area contributed by atoms with Gasteiger partial charge in [0.2, 0.25) is 0 Å². The van der Waals surface area contributed by atoms with Crippen LogP contribution in [0.25, 0.3) is 16.8 Å². The average molecular weight is 381 g/mol. The summed E-state index contributed by atoms with van der Waals surface area (Å²) in [5.41, 5.74) is 8.40. The SMILES string of the molecule is NCCNCCNCCNCCCCC1=Cc2cccc3cccc(c23)C1=O. The van der Waals surface area contributed by atoms with Crippen molar-refractivity contribution < 1.29 is 4.79 Å². The summed E-state index contributed by atoms with van der Waals surface area (Å²) < 4.78 is 0. The van der Waals surface area contributed by atoms with Crippen LogP contribution in [0.15, 0.2) is 42.0 Å². The Balaban J connectivity index is 1.34. The van der Waals surface area contributed by atoms with Gasteiger partial charge in [-0.3, -0.25) is 4.79 Å². The molecule has 1 aliphatic rings. The molecular formula is C23H32N4O. The van der Waals surface area contributed by atoms with E-state index >= 15 is 0 Å². The van der Waals surface area contributed by atoms with Crippen LogP contribution in [0.2, 0.25) is 0 Å². The molecule has 5 nitrogen and oxygen atoms in total. The number of benzene rings is 2. The van der Waals surface area contributed by atoms with Crippen LogP contribution in [-0.2, 0) is 0 Å². The van der Waals surface area contributed by atoms with E-state index in [1.165, 1.54) is 5.56 Å². The number of carbonyl (C=O) groups is 1. The van der Waals surface area contributed by atoms with Gasteiger partial charge in [-0.1, -0.05) is 36.4 Å². The molecule has 0 saturated carbocycles. The van der Waals surface area contributed by atoms with Crippen LogP contribution in [0.3, 0.4) is 0 Å². The molecule has 0 aliphatic heterocycles. The van der Waals surface area contributed by atoms with Gasteiger partial charge in [0.05, 0.1) is 0 Å². The van der Waals surface area contributed by atoms with E-state index in [9.17, 15) is 4.79 Å². The average Bonchev–Trinajstić information content (AvgIpc) is 2.72. The van der Waals surface area contributed by atoms with E-state index in [4.69, 9.17) is 5.73 Å². The summed E-state index contributed by atoms with van der Waals surface area (Å²) in [5.74, 6) is 0.199. The number of ketones is 1. The Morgan fingerprint density at radius 1 is 0.786 bits per heavy atom. The van der Waals surface area contributed by atoms with Crippen molar-refractivity contribution >= 4 is 22.6 Å². The second-order valence-electron chi connectivity index (χ2n) is 7.25. The van der Waals surface area contributed by atoms with Crippen molar-refractivity contribution in [1.82, 2.24) is 16.0 Å². The Morgan fingerprint density at radius 2 is 1.46 bits per heavy atom. The first-order chi connectivity index (χ1) is 13.8. The Bertz CT molecular complexity index is 810. The first kappa shape index (κ1) is 20.7. The molecule has 0 fully saturated rings. The second kappa shape index (κ2) is 11.1. The minimum atomic E-state index is 0.199. The Hall–Kier alpha value is -2.05. The molecule has 0 spiro atoms. The summed E-state index contributed by atoms with van der Waals surface area (Å²) in [5, 5.41) is 12.4. The number of allylic oxidation sites excluding steroid dienone is 1. The lowest BCUT2D eigenvalue weighted by atomic mass is 9.86. The van der Waals surface area contributed by atoms with Gasteiger partial charge in [0.1, 0.15) is 0 Å². The van der Waals surface area contributed by atoms with Gasteiger partial charge in [-0.15, -0.1) is 0 Å². The van der Waals surface area contributed by atoms with Crippen LogP contribution < -0.4 is 21.7 Å². The van der Waals surface area contributed by atoms with Crippen LogP contribution in [0.1, 0.15) is 35.2 Å². The molecule has 0 aromatic heterocycles. The van der Waals surface area contributed by atoms with E-state index in [1.807, 2.05) is 12.1 Å². The van der Waals surface area contributed by atoms with Gasteiger partial charge in [0, 0.05) is 55.8 Å². The zero-order valence-corrected chi connectivity index (χ0v) is 16.6. The summed E-state index contributed by atoms with van der Waals surface area (Å²) in [6, 6.07) is 12.3. The zero-order chi connectivity index (χ0) is 19.6. The van der Waals surface area contributed by atoms with Gasteiger partial charge in [0.15, 0.2) is 5.78 Å². The standard InChI is InChI=1S/C23H32N4O/c24-10-12-26-14-16-27-15-13-25-11-2-1-5-20-17-19-8-3-6-18-7-4-9-21(22(18)19)23(20)28/h3-4,6-9,17,25-27H,1-2,5,10-16,24H2. The third-order valence-corrected chi connectivity index (χ3v) is 5.13. The quantitative estimate of drug-likeness (QED) is 0.401. The highest BCUT2D eigenvalue weighted by molar-refractivity contribution is 6.22. The predicted octanol–water partition coefficient (Wildman–Crippen LogP) is 2.32. The van der Waals surface area contributed by atoms with Gasteiger partial charge < -0.3 is 21.7 Å². The van der Waals surface area contributed by atoms with Crippen LogP contribution in [0.4, 0.5) is 0 Å². The number of carbonyl (C=O) groups excluding carboxylic acids is 1. The molecule has 5 N–H and O–H groups in total. The minimum absolute atomic E-state index is 0.199. The molecule has 0 saturated heterocycles. The highest BCUT2D eigenvalue weighted by Crippen LogP contribution is 2.32. The smallest absolute Gasteiger partial charge is 0.189 e. The molecule has 2 aromatic rings. The number of rotatable bonds is 13. The summed E-state index contributed by atoms with van der Waals surface area (Å²) in [6.07, 6.45) is 5.04. The predicted molar refractivity (Wildman–Crippen MR) is 118 cm³/mol. The van der Waals surface area contributed by atoms with Gasteiger partial charge in [-0.05, 0) is 42.8 Å². The van der Waals surface area contributed by atoms with Crippen molar-refractivity contribution in [1.29, 1.82) is 0 Å². The van der Waals surface area contributed by atoms with E-state index in [2.05, 4.69) is 46.3 Å². The molecule has 1 aliphatic carbocycles. The normalized spacial score (nSPS) is 13.2. The van der Waals surface area contributed by atoms with Crippen molar-refractivity contribution in [2.45, 2.75) is 19.3 Å². The van der Waals surface area contributed by atoms with Crippen LogP contribution in [0, 0.1) is 0 Å². The minimum Gasteiger partial charge on any atom is -0.329 e. The van der Waals surface area contributed by atoms with Crippen LogP contribution in [-0.4, -0.2) is 51.6 Å². The van der Waals surface area contributed by atoms with Crippen molar-refractivity contribution in [3.63, 3.8) is 0 Å². The highest BCUT2D eigenvalue weighted by Gasteiger charge is 2.20. The maximum atomic E-state index is 12.8. The third-order valence-electron chi connectivity index (χ3n) is 5.13. The van der Waals surface area contributed by atoms with Gasteiger partial charge in [-0.2, -0.15) is 0 Å². The molecule has 0 heterocycles. The maximum Gasteiger partial charge on any atom is 0.189 e. The summed E-state index contributed by atoms with van der Waals surface area (Å²) >= 11 is 0. The summed E-state index contributed by atoms with van der Waals surface area (Å²) in [6.45, 7) is 6.40. The van der Waals surface area contributed by atoms with Crippen molar-refractivity contribution in [2.24, 2.45) is 5.73 Å². The van der Waals surface area contributed by atoms with Crippen molar-refractivity contribution in [2.75, 3.05) is 45.8 Å². The van der Waals surface area contributed by atoms with E-state index in [0.29, 0.717) is 6.54 Å².